The van der Waals surface area contributed by atoms with Gasteiger partial charge in [0.15, 0.2) is 0 Å². The number of aromatic nitrogens is 3. The van der Waals surface area contributed by atoms with E-state index in [1.165, 1.54) is 11.3 Å². The van der Waals surface area contributed by atoms with E-state index in [0.29, 0.717) is 11.7 Å². The van der Waals surface area contributed by atoms with Crippen molar-refractivity contribution in [2.45, 2.75) is 25.6 Å². The zero-order valence-electron chi connectivity index (χ0n) is 11.1. The third kappa shape index (κ3) is 3.23. The van der Waals surface area contributed by atoms with Gasteiger partial charge in [0.25, 0.3) is 0 Å². The van der Waals surface area contributed by atoms with E-state index < -0.39 is 0 Å². The van der Waals surface area contributed by atoms with Gasteiger partial charge in [-0.1, -0.05) is 17.4 Å². The molecule has 6 nitrogen and oxygen atoms in total. The van der Waals surface area contributed by atoms with Crippen molar-refractivity contribution in [1.29, 1.82) is 0 Å². The normalized spacial score (nSPS) is 19.2. The van der Waals surface area contributed by atoms with Crippen LogP contribution in [0.4, 0.5) is 10.3 Å². The minimum absolute atomic E-state index is 0.205. The molecule has 3 rings (SSSR count). The Kier molecular flexibility index (Phi) is 4.08. The summed E-state index contributed by atoms with van der Waals surface area (Å²) >= 11 is 1.42. The SMILES string of the molecule is Nc1nnc(N2CCCC(OCc3ccccn3)C2)s1. The Morgan fingerprint density at radius 2 is 2.35 bits per heavy atom. The topological polar surface area (TPSA) is 77.2 Å². The molecule has 1 aliphatic rings. The van der Waals surface area contributed by atoms with E-state index in [1.807, 2.05) is 18.2 Å². The minimum atomic E-state index is 0.205. The standard InChI is InChI=1S/C13H17N5OS/c14-12-16-17-13(20-12)18-7-3-5-11(8-18)19-9-10-4-1-2-6-15-10/h1-2,4,6,11H,3,5,7-9H2,(H2,14,16). The van der Waals surface area contributed by atoms with E-state index in [1.54, 1.807) is 6.20 Å². The van der Waals surface area contributed by atoms with Gasteiger partial charge in [-0.15, -0.1) is 10.2 Å². The van der Waals surface area contributed by atoms with Crippen LogP contribution >= 0.6 is 11.3 Å². The maximum atomic E-state index is 5.95. The fourth-order valence-electron chi connectivity index (χ4n) is 2.29. The van der Waals surface area contributed by atoms with Crippen molar-refractivity contribution in [2.24, 2.45) is 0 Å². The number of ether oxygens (including phenoxy) is 1. The average molecular weight is 291 g/mol. The van der Waals surface area contributed by atoms with Crippen molar-refractivity contribution in [2.75, 3.05) is 23.7 Å². The first-order valence-corrected chi connectivity index (χ1v) is 7.48. The first-order chi connectivity index (χ1) is 9.81. The molecule has 2 aromatic heterocycles. The molecule has 0 radical (unpaired) electrons. The lowest BCUT2D eigenvalue weighted by Gasteiger charge is -2.31. The Labute approximate surface area is 121 Å². The average Bonchev–Trinajstić information content (AvgIpc) is 2.93. The highest BCUT2D eigenvalue weighted by atomic mass is 32.1. The summed E-state index contributed by atoms with van der Waals surface area (Å²) < 4.78 is 5.95. The van der Waals surface area contributed by atoms with Crippen molar-refractivity contribution >= 4 is 21.6 Å². The van der Waals surface area contributed by atoms with E-state index >= 15 is 0 Å². The van der Waals surface area contributed by atoms with Crippen molar-refractivity contribution in [1.82, 2.24) is 15.2 Å². The second-order valence-electron chi connectivity index (χ2n) is 4.77. The van der Waals surface area contributed by atoms with Crippen molar-refractivity contribution < 1.29 is 4.74 Å². The molecule has 0 bridgehead atoms. The Balaban J connectivity index is 1.55. The van der Waals surface area contributed by atoms with E-state index in [0.717, 1.165) is 36.8 Å². The van der Waals surface area contributed by atoms with Crippen LogP contribution in [0.1, 0.15) is 18.5 Å². The Morgan fingerprint density at radius 1 is 1.40 bits per heavy atom. The van der Waals surface area contributed by atoms with E-state index in [2.05, 4.69) is 20.1 Å². The highest BCUT2D eigenvalue weighted by Crippen LogP contribution is 2.25. The number of piperidine rings is 1. The number of nitrogens with two attached hydrogens (primary N) is 1. The Hall–Kier alpha value is -1.73. The van der Waals surface area contributed by atoms with E-state index in [-0.39, 0.29) is 6.10 Å². The number of hydrogen-bond donors (Lipinski definition) is 1. The minimum Gasteiger partial charge on any atom is -0.374 e. The summed E-state index contributed by atoms with van der Waals surface area (Å²) in [5.74, 6) is 0. The van der Waals surface area contributed by atoms with Crippen LogP contribution in [0.2, 0.25) is 0 Å². The van der Waals surface area contributed by atoms with Gasteiger partial charge in [0.2, 0.25) is 10.3 Å². The third-order valence-corrected chi connectivity index (χ3v) is 4.08. The maximum absolute atomic E-state index is 5.95. The first-order valence-electron chi connectivity index (χ1n) is 6.67. The summed E-state index contributed by atoms with van der Waals surface area (Å²) in [4.78, 5) is 6.46. The zero-order valence-corrected chi connectivity index (χ0v) is 11.9. The van der Waals surface area contributed by atoms with Gasteiger partial charge in [-0.3, -0.25) is 4.98 Å². The molecule has 20 heavy (non-hydrogen) atoms. The number of rotatable bonds is 4. The van der Waals surface area contributed by atoms with Crippen LogP contribution in [0.25, 0.3) is 0 Å². The Morgan fingerprint density at radius 3 is 3.10 bits per heavy atom. The molecule has 0 spiro atoms. The summed E-state index contributed by atoms with van der Waals surface area (Å²) in [5.41, 5.74) is 6.60. The first kappa shape index (κ1) is 13.3. The van der Waals surface area contributed by atoms with Crippen LogP contribution < -0.4 is 10.6 Å². The molecule has 3 heterocycles. The molecule has 106 valence electrons. The predicted octanol–water partition coefficient (Wildman–Crippen LogP) is 1.70. The molecule has 0 amide bonds. The molecule has 1 unspecified atom stereocenters. The van der Waals surface area contributed by atoms with Crippen molar-refractivity contribution in [3.8, 4) is 0 Å². The smallest absolute Gasteiger partial charge is 0.210 e. The molecule has 0 saturated carbocycles. The fraction of sp³-hybridized carbons (Fsp3) is 0.462. The number of pyridine rings is 1. The highest BCUT2D eigenvalue weighted by Gasteiger charge is 2.23. The lowest BCUT2D eigenvalue weighted by molar-refractivity contribution is 0.0298. The van der Waals surface area contributed by atoms with Crippen LogP contribution in [-0.2, 0) is 11.3 Å². The second-order valence-corrected chi connectivity index (χ2v) is 5.75. The molecule has 1 aliphatic heterocycles. The number of hydrogen-bond acceptors (Lipinski definition) is 7. The fourth-order valence-corrected chi connectivity index (χ4v) is 2.93. The van der Waals surface area contributed by atoms with Crippen molar-refractivity contribution in [3.63, 3.8) is 0 Å². The van der Waals surface area contributed by atoms with E-state index in [9.17, 15) is 0 Å². The quantitative estimate of drug-likeness (QED) is 0.924. The van der Waals surface area contributed by atoms with Crippen molar-refractivity contribution in [3.05, 3.63) is 30.1 Å². The van der Waals surface area contributed by atoms with Gasteiger partial charge in [0, 0.05) is 19.3 Å². The predicted molar refractivity (Wildman–Crippen MR) is 78.6 cm³/mol. The van der Waals surface area contributed by atoms with Gasteiger partial charge in [-0.2, -0.15) is 0 Å². The Bertz CT molecular complexity index is 547. The van der Waals surface area contributed by atoms with Crippen LogP contribution in [-0.4, -0.2) is 34.4 Å². The van der Waals surface area contributed by atoms with Gasteiger partial charge >= 0.3 is 0 Å². The number of nitrogens with zero attached hydrogens (tertiary/aromatic N) is 4. The van der Waals surface area contributed by atoms with Gasteiger partial charge in [0.1, 0.15) is 0 Å². The lowest BCUT2D eigenvalue weighted by Crippen LogP contribution is -2.39. The van der Waals surface area contributed by atoms with Crippen LogP contribution in [0.5, 0.6) is 0 Å². The molecular formula is C13H17N5OS. The summed E-state index contributed by atoms with van der Waals surface area (Å²) in [6, 6.07) is 5.86. The molecule has 7 heteroatoms. The van der Waals surface area contributed by atoms with Crippen LogP contribution in [0, 0.1) is 0 Å². The molecule has 0 aromatic carbocycles. The molecule has 2 aromatic rings. The van der Waals surface area contributed by atoms with Gasteiger partial charge in [-0.25, -0.2) is 0 Å². The van der Waals surface area contributed by atoms with E-state index in [4.69, 9.17) is 10.5 Å². The maximum Gasteiger partial charge on any atom is 0.210 e. The lowest BCUT2D eigenvalue weighted by atomic mass is 10.1. The molecular weight excluding hydrogens is 274 g/mol. The monoisotopic (exact) mass is 291 g/mol. The van der Waals surface area contributed by atoms with Gasteiger partial charge in [0.05, 0.1) is 18.4 Å². The largest absolute Gasteiger partial charge is 0.374 e. The summed E-state index contributed by atoms with van der Waals surface area (Å²) in [5, 5.41) is 9.35. The third-order valence-electron chi connectivity index (χ3n) is 3.27. The number of nitrogen functional groups attached to an aromatic ring is 1. The highest BCUT2D eigenvalue weighted by molar-refractivity contribution is 7.18. The molecule has 0 aliphatic carbocycles. The second kappa shape index (κ2) is 6.15. The van der Waals surface area contributed by atoms with Crippen LogP contribution in [0.15, 0.2) is 24.4 Å². The molecule has 1 fully saturated rings. The summed E-state index contributed by atoms with van der Waals surface area (Å²) in [6.07, 6.45) is 4.15. The van der Waals surface area contributed by atoms with Gasteiger partial charge < -0.3 is 15.4 Å². The zero-order chi connectivity index (χ0) is 13.8. The number of anilines is 2. The van der Waals surface area contributed by atoms with Crippen LogP contribution in [0.3, 0.4) is 0 Å². The molecule has 1 saturated heterocycles. The molecule has 2 N–H and O–H groups in total. The van der Waals surface area contributed by atoms with Gasteiger partial charge in [-0.05, 0) is 25.0 Å². The molecule has 1 atom stereocenters. The summed E-state index contributed by atoms with van der Waals surface area (Å²) in [7, 11) is 0. The summed E-state index contributed by atoms with van der Waals surface area (Å²) in [6.45, 7) is 2.37.